The number of carbonyl (C=O) groups excluding carboxylic acids is 1. The van der Waals surface area contributed by atoms with E-state index in [-0.39, 0.29) is 24.8 Å². The van der Waals surface area contributed by atoms with Gasteiger partial charge in [0.2, 0.25) is 0 Å². The summed E-state index contributed by atoms with van der Waals surface area (Å²) >= 11 is 0. The van der Waals surface area contributed by atoms with Crippen LogP contribution < -0.4 is 10.8 Å². The summed E-state index contributed by atoms with van der Waals surface area (Å²) in [6, 6.07) is 11.0. The monoisotopic (exact) mass is 453 g/mol. The number of benzene rings is 1. The van der Waals surface area contributed by atoms with Crippen molar-refractivity contribution in [2.45, 2.75) is 31.7 Å². The SMILES string of the molecule is Cl.Cl.O=C(C=Cc1cnc(N[C@@H]2CCCN(CCCc3ccccc3)C2)cn1)NO. The predicted molar refractivity (Wildman–Crippen MR) is 123 cm³/mol. The Labute approximate surface area is 189 Å². The van der Waals surface area contributed by atoms with Gasteiger partial charge < -0.3 is 10.2 Å². The summed E-state index contributed by atoms with van der Waals surface area (Å²) in [4.78, 5) is 22.1. The van der Waals surface area contributed by atoms with Crippen LogP contribution in [0.4, 0.5) is 5.82 Å². The Bertz CT molecular complexity index is 775. The molecule has 1 fully saturated rings. The van der Waals surface area contributed by atoms with Gasteiger partial charge in [-0.2, -0.15) is 0 Å². The number of aryl methyl sites for hydroxylation is 1. The van der Waals surface area contributed by atoms with E-state index in [4.69, 9.17) is 5.21 Å². The zero-order valence-corrected chi connectivity index (χ0v) is 18.4. The second kappa shape index (κ2) is 13.9. The summed E-state index contributed by atoms with van der Waals surface area (Å²) in [5, 5.41) is 11.9. The molecule has 2 aromatic rings. The molecule has 1 aromatic heterocycles. The molecule has 3 rings (SSSR count). The number of piperidine rings is 1. The van der Waals surface area contributed by atoms with E-state index in [0.29, 0.717) is 11.7 Å². The number of halogens is 2. The van der Waals surface area contributed by atoms with Crippen molar-refractivity contribution in [1.29, 1.82) is 0 Å². The summed E-state index contributed by atoms with van der Waals surface area (Å²) in [6.07, 6.45) is 10.5. The van der Waals surface area contributed by atoms with Crippen LogP contribution in [0.5, 0.6) is 0 Å². The topological polar surface area (TPSA) is 90.4 Å². The standard InChI is InChI=1S/C21H27N5O2.2ClH/c27-21(25-28)11-10-18-14-23-20(15-22-18)24-19-9-5-13-26(16-19)12-4-8-17-6-2-1-3-7-17;;/h1-3,6-7,10-11,14-15,19,28H,4-5,8-9,12-13,16H2,(H,23,24)(H,25,27);2*1H/t19-;;/m1../s1. The van der Waals surface area contributed by atoms with Crippen LogP contribution >= 0.6 is 24.8 Å². The Morgan fingerprint density at radius 3 is 2.70 bits per heavy atom. The molecule has 1 aromatic carbocycles. The van der Waals surface area contributed by atoms with Crippen LogP contribution in [-0.4, -0.2) is 51.7 Å². The van der Waals surface area contributed by atoms with Crippen LogP contribution in [0.25, 0.3) is 6.08 Å². The molecule has 164 valence electrons. The van der Waals surface area contributed by atoms with Gasteiger partial charge in [-0.15, -0.1) is 24.8 Å². The average Bonchev–Trinajstić information content (AvgIpc) is 2.74. The van der Waals surface area contributed by atoms with Gasteiger partial charge in [0.1, 0.15) is 5.82 Å². The molecule has 1 aliphatic rings. The quantitative estimate of drug-likeness (QED) is 0.322. The molecule has 1 atom stereocenters. The molecule has 1 amide bonds. The first-order valence-corrected chi connectivity index (χ1v) is 9.70. The van der Waals surface area contributed by atoms with Crippen molar-refractivity contribution in [1.82, 2.24) is 20.3 Å². The van der Waals surface area contributed by atoms with Crippen LogP contribution in [0, 0.1) is 0 Å². The third-order valence-electron chi connectivity index (χ3n) is 4.83. The van der Waals surface area contributed by atoms with Crippen LogP contribution in [-0.2, 0) is 11.2 Å². The Morgan fingerprint density at radius 1 is 1.20 bits per heavy atom. The highest BCUT2D eigenvalue weighted by atomic mass is 35.5. The van der Waals surface area contributed by atoms with Gasteiger partial charge in [-0.05, 0) is 50.4 Å². The Morgan fingerprint density at radius 2 is 2.00 bits per heavy atom. The summed E-state index contributed by atoms with van der Waals surface area (Å²) in [5.41, 5.74) is 3.49. The first-order valence-electron chi connectivity index (χ1n) is 9.70. The van der Waals surface area contributed by atoms with Gasteiger partial charge in [0.15, 0.2) is 0 Å². The fourth-order valence-electron chi connectivity index (χ4n) is 3.43. The number of carbonyl (C=O) groups is 1. The first-order chi connectivity index (χ1) is 13.7. The normalized spacial score (nSPS) is 16.4. The molecule has 7 nitrogen and oxygen atoms in total. The molecule has 2 heterocycles. The molecule has 0 saturated carbocycles. The van der Waals surface area contributed by atoms with E-state index in [1.807, 2.05) is 0 Å². The molecular formula is C21H29Cl2N5O2. The summed E-state index contributed by atoms with van der Waals surface area (Å²) < 4.78 is 0. The fraction of sp³-hybridized carbons (Fsp3) is 0.381. The van der Waals surface area contributed by atoms with E-state index in [9.17, 15) is 4.79 Å². The highest BCUT2D eigenvalue weighted by molar-refractivity contribution is 5.90. The molecule has 3 N–H and O–H groups in total. The van der Waals surface area contributed by atoms with E-state index in [1.54, 1.807) is 12.4 Å². The summed E-state index contributed by atoms with van der Waals surface area (Å²) in [5.74, 6) is 0.137. The maximum atomic E-state index is 11.0. The van der Waals surface area contributed by atoms with Gasteiger partial charge in [-0.25, -0.2) is 10.5 Å². The van der Waals surface area contributed by atoms with E-state index in [0.717, 1.165) is 38.3 Å². The summed E-state index contributed by atoms with van der Waals surface area (Å²) in [6.45, 7) is 3.26. The minimum atomic E-state index is -0.599. The molecule has 1 aliphatic heterocycles. The van der Waals surface area contributed by atoms with Gasteiger partial charge in [-0.3, -0.25) is 15.0 Å². The van der Waals surface area contributed by atoms with Crippen molar-refractivity contribution >= 4 is 42.6 Å². The lowest BCUT2D eigenvalue weighted by Gasteiger charge is -2.33. The number of rotatable bonds is 8. The molecule has 0 radical (unpaired) electrons. The second-order valence-corrected chi connectivity index (χ2v) is 7.01. The molecule has 0 unspecified atom stereocenters. The molecule has 0 bridgehead atoms. The first kappa shape index (κ1) is 25.8. The molecular weight excluding hydrogens is 425 g/mol. The largest absolute Gasteiger partial charge is 0.365 e. The average molecular weight is 454 g/mol. The summed E-state index contributed by atoms with van der Waals surface area (Å²) in [7, 11) is 0. The second-order valence-electron chi connectivity index (χ2n) is 7.01. The number of nitrogens with one attached hydrogen (secondary N) is 2. The predicted octanol–water partition coefficient (Wildman–Crippen LogP) is 3.35. The molecule has 0 spiro atoms. The number of anilines is 1. The Balaban J connectivity index is 0.00000225. The lowest BCUT2D eigenvalue weighted by Crippen LogP contribution is -2.42. The zero-order valence-electron chi connectivity index (χ0n) is 16.7. The van der Waals surface area contributed by atoms with Gasteiger partial charge in [0.25, 0.3) is 5.91 Å². The lowest BCUT2D eigenvalue weighted by atomic mass is 10.0. The van der Waals surface area contributed by atoms with Crippen molar-refractivity contribution < 1.29 is 10.0 Å². The highest BCUT2D eigenvalue weighted by Crippen LogP contribution is 2.15. The minimum Gasteiger partial charge on any atom is -0.365 e. The van der Waals surface area contributed by atoms with Crippen LogP contribution in [0.15, 0.2) is 48.8 Å². The molecule has 1 saturated heterocycles. The zero-order chi connectivity index (χ0) is 19.6. The number of amides is 1. The highest BCUT2D eigenvalue weighted by Gasteiger charge is 2.19. The third-order valence-corrected chi connectivity index (χ3v) is 4.83. The number of likely N-dealkylation sites (tertiary alicyclic amines) is 1. The van der Waals surface area contributed by atoms with Crippen LogP contribution in [0.2, 0.25) is 0 Å². The van der Waals surface area contributed by atoms with E-state index in [1.165, 1.54) is 36.0 Å². The van der Waals surface area contributed by atoms with Gasteiger partial charge in [-0.1, -0.05) is 30.3 Å². The van der Waals surface area contributed by atoms with Crippen molar-refractivity contribution in [2.75, 3.05) is 25.0 Å². The fourth-order valence-corrected chi connectivity index (χ4v) is 3.43. The molecule has 30 heavy (non-hydrogen) atoms. The van der Waals surface area contributed by atoms with E-state index in [2.05, 4.69) is 50.5 Å². The van der Waals surface area contributed by atoms with Gasteiger partial charge in [0.05, 0.1) is 18.1 Å². The molecule has 9 heteroatoms. The van der Waals surface area contributed by atoms with E-state index < -0.39 is 5.91 Å². The van der Waals surface area contributed by atoms with Crippen molar-refractivity contribution in [2.24, 2.45) is 0 Å². The number of hydrogen-bond acceptors (Lipinski definition) is 6. The van der Waals surface area contributed by atoms with Gasteiger partial charge >= 0.3 is 0 Å². The smallest absolute Gasteiger partial charge is 0.267 e. The van der Waals surface area contributed by atoms with E-state index >= 15 is 0 Å². The number of aromatic nitrogens is 2. The van der Waals surface area contributed by atoms with Crippen LogP contribution in [0.1, 0.15) is 30.5 Å². The molecule has 0 aliphatic carbocycles. The number of hydroxylamine groups is 1. The maximum absolute atomic E-state index is 11.0. The Kier molecular flexibility index (Phi) is 12.0. The maximum Gasteiger partial charge on any atom is 0.267 e. The minimum absolute atomic E-state index is 0. The van der Waals surface area contributed by atoms with Crippen molar-refractivity contribution in [3.63, 3.8) is 0 Å². The third kappa shape index (κ3) is 8.67. The van der Waals surface area contributed by atoms with Crippen molar-refractivity contribution in [3.05, 3.63) is 60.1 Å². The van der Waals surface area contributed by atoms with Crippen molar-refractivity contribution in [3.8, 4) is 0 Å². The Hall–Kier alpha value is -2.19. The number of nitrogens with zero attached hydrogens (tertiary/aromatic N) is 3. The number of hydrogen-bond donors (Lipinski definition) is 3. The van der Waals surface area contributed by atoms with Crippen LogP contribution in [0.3, 0.4) is 0 Å². The lowest BCUT2D eigenvalue weighted by molar-refractivity contribution is -0.124. The van der Waals surface area contributed by atoms with Gasteiger partial charge in [0, 0.05) is 18.7 Å².